The molecule has 1 amide bonds. The van der Waals surface area contributed by atoms with Crippen LogP contribution in [-0.2, 0) is 11.2 Å². The Morgan fingerprint density at radius 2 is 1.74 bits per heavy atom. The third-order valence-corrected chi connectivity index (χ3v) is 6.96. The normalized spacial score (nSPS) is 26.2. The van der Waals surface area contributed by atoms with Gasteiger partial charge in [-0.3, -0.25) is 14.7 Å². The van der Waals surface area contributed by atoms with Gasteiger partial charge >= 0.3 is 0 Å². The summed E-state index contributed by atoms with van der Waals surface area (Å²) in [4.78, 5) is 22.7. The van der Waals surface area contributed by atoms with Crippen LogP contribution in [0.5, 0.6) is 0 Å². The van der Waals surface area contributed by atoms with Crippen molar-refractivity contribution in [2.75, 3.05) is 26.2 Å². The van der Waals surface area contributed by atoms with Crippen molar-refractivity contribution in [1.82, 2.24) is 14.8 Å². The first-order valence-corrected chi connectivity index (χ1v) is 11.2. The molecule has 1 atom stereocenters. The summed E-state index contributed by atoms with van der Waals surface area (Å²) in [6.45, 7) is 4.01. The van der Waals surface area contributed by atoms with Gasteiger partial charge in [-0.05, 0) is 50.2 Å². The van der Waals surface area contributed by atoms with Crippen molar-refractivity contribution in [3.63, 3.8) is 0 Å². The van der Waals surface area contributed by atoms with E-state index in [1.807, 2.05) is 12.3 Å². The zero-order chi connectivity index (χ0) is 18.5. The van der Waals surface area contributed by atoms with Crippen LogP contribution in [0.15, 0.2) is 24.4 Å². The molecule has 4 heteroatoms. The van der Waals surface area contributed by atoms with Crippen molar-refractivity contribution >= 4 is 5.91 Å². The molecule has 148 valence electrons. The van der Waals surface area contributed by atoms with E-state index in [0.29, 0.717) is 11.8 Å². The molecule has 4 rings (SSSR count). The summed E-state index contributed by atoms with van der Waals surface area (Å²) in [6.07, 6.45) is 14.3. The lowest BCUT2D eigenvalue weighted by atomic mass is 9.88. The summed E-state index contributed by atoms with van der Waals surface area (Å²) >= 11 is 0. The molecule has 0 unspecified atom stereocenters. The molecular weight excluding hydrogens is 334 g/mol. The second-order valence-corrected chi connectivity index (χ2v) is 8.94. The molecule has 1 aromatic rings. The number of hydrogen-bond acceptors (Lipinski definition) is 3. The van der Waals surface area contributed by atoms with Gasteiger partial charge < -0.3 is 4.90 Å². The first-order chi connectivity index (χ1) is 13.3. The highest BCUT2D eigenvalue weighted by atomic mass is 16.2. The summed E-state index contributed by atoms with van der Waals surface area (Å²) < 4.78 is 0. The second kappa shape index (κ2) is 9.18. The number of carbonyl (C=O) groups is 1. The van der Waals surface area contributed by atoms with Crippen LogP contribution in [0, 0.1) is 11.8 Å². The minimum Gasteiger partial charge on any atom is -0.341 e. The van der Waals surface area contributed by atoms with Crippen molar-refractivity contribution in [2.45, 2.75) is 70.3 Å². The number of nitrogens with zero attached hydrogens (tertiary/aromatic N) is 3. The number of pyridine rings is 1. The SMILES string of the molecule is O=C(C1CCCCC1)N1CCN(C2CCCC2)C[C@@H](Cc2ccccn2)C1. The molecule has 0 aromatic carbocycles. The minimum atomic E-state index is 0.285. The van der Waals surface area contributed by atoms with Crippen molar-refractivity contribution in [3.05, 3.63) is 30.1 Å². The molecule has 2 heterocycles. The maximum atomic E-state index is 13.2. The van der Waals surface area contributed by atoms with Gasteiger partial charge in [-0.2, -0.15) is 0 Å². The van der Waals surface area contributed by atoms with E-state index in [1.165, 1.54) is 50.6 Å². The number of carbonyl (C=O) groups excluding carboxylic acids is 1. The average Bonchev–Trinajstić information content (AvgIpc) is 3.17. The van der Waals surface area contributed by atoms with Crippen LogP contribution in [0.3, 0.4) is 0 Å². The highest BCUT2D eigenvalue weighted by Gasteiger charge is 2.33. The van der Waals surface area contributed by atoms with E-state index in [9.17, 15) is 4.79 Å². The molecular formula is C23H35N3O. The van der Waals surface area contributed by atoms with Gasteiger partial charge in [0.15, 0.2) is 0 Å². The molecule has 2 aliphatic carbocycles. The largest absolute Gasteiger partial charge is 0.341 e. The molecule has 4 nitrogen and oxygen atoms in total. The first kappa shape index (κ1) is 18.9. The molecule has 3 fully saturated rings. The van der Waals surface area contributed by atoms with Gasteiger partial charge in [-0.1, -0.05) is 38.2 Å². The lowest BCUT2D eigenvalue weighted by Crippen LogP contribution is -2.41. The third-order valence-electron chi connectivity index (χ3n) is 6.96. The van der Waals surface area contributed by atoms with Gasteiger partial charge in [0.05, 0.1) is 0 Å². The molecule has 0 spiro atoms. The highest BCUT2D eigenvalue weighted by molar-refractivity contribution is 5.79. The monoisotopic (exact) mass is 369 g/mol. The summed E-state index contributed by atoms with van der Waals surface area (Å²) in [5.74, 6) is 1.22. The van der Waals surface area contributed by atoms with Gasteiger partial charge in [0.2, 0.25) is 5.91 Å². The molecule has 3 aliphatic rings. The Morgan fingerprint density at radius 1 is 0.963 bits per heavy atom. The Hall–Kier alpha value is -1.42. The zero-order valence-corrected chi connectivity index (χ0v) is 16.7. The molecule has 0 N–H and O–H groups in total. The average molecular weight is 370 g/mol. The minimum absolute atomic E-state index is 0.285. The maximum Gasteiger partial charge on any atom is 0.225 e. The van der Waals surface area contributed by atoms with E-state index in [-0.39, 0.29) is 5.92 Å². The van der Waals surface area contributed by atoms with Crippen molar-refractivity contribution < 1.29 is 4.79 Å². The molecule has 2 saturated carbocycles. The standard InChI is InChI=1S/C23H35N3O/c27-23(20-8-2-1-3-9-20)26-15-14-25(22-11-4-5-12-22)17-19(18-26)16-21-10-6-7-13-24-21/h6-7,10,13,19-20,22H,1-5,8-9,11-12,14-18H2/t19-/m1/s1. The number of hydrogen-bond donors (Lipinski definition) is 0. The molecule has 0 radical (unpaired) electrons. The fourth-order valence-electron chi connectivity index (χ4n) is 5.49. The van der Waals surface area contributed by atoms with Crippen LogP contribution in [0.25, 0.3) is 0 Å². The van der Waals surface area contributed by atoms with Crippen LogP contribution in [0.2, 0.25) is 0 Å². The summed E-state index contributed by atoms with van der Waals surface area (Å²) in [5.41, 5.74) is 1.17. The van der Waals surface area contributed by atoms with Crippen molar-refractivity contribution in [1.29, 1.82) is 0 Å². The lowest BCUT2D eigenvalue weighted by Gasteiger charge is -2.30. The van der Waals surface area contributed by atoms with Gasteiger partial charge in [-0.15, -0.1) is 0 Å². The molecule has 1 aliphatic heterocycles. The molecule has 0 bridgehead atoms. The molecule has 27 heavy (non-hydrogen) atoms. The van der Waals surface area contributed by atoms with Crippen LogP contribution < -0.4 is 0 Å². The van der Waals surface area contributed by atoms with Crippen molar-refractivity contribution in [3.8, 4) is 0 Å². The Labute approximate surface area is 164 Å². The summed E-state index contributed by atoms with van der Waals surface area (Å²) in [7, 11) is 0. The molecule has 1 saturated heterocycles. The predicted molar refractivity (Wildman–Crippen MR) is 108 cm³/mol. The smallest absolute Gasteiger partial charge is 0.225 e. The fourth-order valence-corrected chi connectivity index (χ4v) is 5.49. The van der Waals surface area contributed by atoms with E-state index in [0.717, 1.165) is 51.5 Å². The number of amides is 1. The summed E-state index contributed by atoms with van der Waals surface area (Å²) in [5, 5.41) is 0. The van der Waals surface area contributed by atoms with Crippen molar-refractivity contribution in [2.24, 2.45) is 11.8 Å². The number of aromatic nitrogens is 1. The van der Waals surface area contributed by atoms with Gasteiger partial charge in [0.1, 0.15) is 0 Å². The van der Waals surface area contributed by atoms with Crippen LogP contribution in [-0.4, -0.2) is 52.9 Å². The van der Waals surface area contributed by atoms with E-state index in [1.54, 1.807) is 0 Å². The zero-order valence-electron chi connectivity index (χ0n) is 16.7. The van der Waals surface area contributed by atoms with E-state index in [4.69, 9.17) is 0 Å². The van der Waals surface area contributed by atoms with Gasteiger partial charge in [0, 0.05) is 50.0 Å². The third kappa shape index (κ3) is 4.90. The Kier molecular flexibility index (Phi) is 6.43. The highest BCUT2D eigenvalue weighted by Crippen LogP contribution is 2.29. The van der Waals surface area contributed by atoms with Crippen LogP contribution >= 0.6 is 0 Å². The van der Waals surface area contributed by atoms with E-state index < -0.39 is 0 Å². The Balaban J connectivity index is 1.46. The quantitative estimate of drug-likeness (QED) is 0.807. The topological polar surface area (TPSA) is 36.4 Å². The maximum absolute atomic E-state index is 13.2. The Morgan fingerprint density at radius 3 is 2.48 bits per heavy atom. The number of rotatable bonds is 4. The predicted octanol–water partition coefficient (Wildman–Crippen LogP) is 3.91. The second-order valence-electron chi connectivity index (χ2n) is 8.94. The lowest BCUT2D eigenvalue weighted by molar-refractivity contribution is -0.136. The van der Waals surface area contributed by atoms with Gasteiger partial charge in [-0.25, -0.2) is 0 Å². The summed E-state index contributed by atoms with van der Waals surface area (Å²) in [6, 6.07) is 6.94. The van der Waals surface area contributed by atoms with Crippen LogP contribution in [0.4, 0.5) is 0 Å². The van der Waals surface area contributed by atoms with E-state index in [2.05, 4.69) is 26.9 Å². The fraction of sp³-hybridized carbons (Fsp3) is 0.739. The Bertz CT molecular complexity index is 593. The molecule has 1 aromatic heterocycles. The first-order valence-electron chi connectivity index (χ1n) is 11.2. The van der Waals surface area contributed by atoms with Crippen LogP contribution in [0.1, 0.15) is 63.5 Å². The van der Waals surface area contributed by atoms with Gasteiger partial charge in [0.25, 0.3) is 0 Å². The van der Waals surface area contributed by atoms with E-state index >= 15 is 0 Å².